The van der Waals surface area contributed by atoms with Gasteiger partial charge in [0.1, 0.15) is 0 Å². The molecule has 0 N–H and O–H groups in total. The van der Waals surface area contributed by atoms with Gasteiger partial charge in [0.2, 0.25) is 0 Å². The van der Waals surface area contributed by atoms with Crippen molar-refractivity contribution in [1.29, 1.82) is 0 Å². The maximum absolute atomic E-state index is 3.71. The number of nitrogens with zero attached hydrogens (tertiary/aromatic N) is 4. The van der Waals surface area contributed by atoms with Gasteiger partial charge in [-0.2, -0.15) is 0 Å². The summed E-state index contributed by atoms with van der Waals surface area (Å²) in [6, 6.07) is 64.1. The van der Waals surface area contributed by atoms with Crippen molar-refractivity contribution in [2.45, 2.75) is 6.42 Å². The second-order valence-electron chi connectivity index (χ2n) is 12.3. The molecule has 0 amide bonds. The summed E-state index contributed by atoms with van der Waals surface area (Å²) in [4.78, 5) is 0. The monoisotopic (exact) mass is 628 g/mol. The van der Waals surface area contributed by atoms with Crippen molar-refractivity contribution in [2.24, 2.45) is 0 Å². The molecule has 9 rings (SSSR count). The van der Waals surface area contributed by atoms with E-state index in [1.807, 2.05) is 6.07 Å². The average Bonchev–Trinajstić information content (AvgIpc) is 3.76. The normalized spacial score (nSPS) is 11.3. The van der Waals surface area contributed by atoms with Crippen molar-refractivity contribution in [3.63, 3.8) is 0 Å². The Morgan fingerprint density at radius 1 is 0.429 bits per heavy atom. The highest BCUT2D eigenvalue weighted by molar-refractivity contribution is 5.77. The summed E-state index contributed by atoms with van der Waals surface area (Å²) in [6.45, 7) is 0. The van der Waals surface area contributed by atoms with Crippen LogP contribution in [-0.4, -0.2) is 9.13 Å². The molecule has 49 heavy (non-hydrogen) atoms. The van der Waals surface area contributed by atoms with Gasteiger partial charge < -0.3 is 0 Å². The average molecular weight is 629 g/mol. The topological polar surface area (TPSA) is 17.6 Å². The second-order valence-corrected chi connectivity index (χ2v) is 12.3. The summed E-state index contributed by atoms with van der Waals surface area (Å²) in [5, 5.41) is 0. The van der Waals surface area contributed by atoms with Gasteiger partial charge in [-0.1, -0.05) is 140 Å². The molecule has 0 bridgehead atoms. The standard InChI is InChI=1S/C45H32N4/c1-3-17-36(18-4-1)40-23-7-8-24-41(40)49-33-48(44-27-11-12-28-45(44)49)39-22-14-16-35(31-39)29-34-15-13-21-38(30-34)47-32-46(37-19-5-2-6-20-37)42-25-9-10-26-43(42)47/h1-28,30-31H,29H2. The van der Waals surface area contributed by atoms with Crippen molar-refractivity contribution in [1.82, 2.24) is 9.13 Å². The van der Waals surface area contributed by atoms with Crippen molar-refractivity contribution < 1.29 is 9.13 Å². The lowest BCUT2D eigenvalue weighted by Gasteiger charge is -2.11. The molecule has 9 aromatic rings. The number of fused-ring (bicyclic) bond motifs is 2. The number of rotatable bonds is 7. The first-order valence-electron chi connectivity index (χ1n) is 16.6. The fraction of sp³-hybridized carbons (Fsp3) is 0.0222. The first-order chi connectivity index (χ1) is 24.3. The number of benzene rings is 7. The molecular weight excluding hydrogens is 597 g/mol. The third-order valence-corrected chi connectivity index (χ3v) is 9.12. The van der Waals surface area contributed by atoms with Gasteiger partial charge in [0, 0.05) is 0 Å². The third kappa shape index (κ3) is 5.30. The Morgan fingerprint density at radius 2 is 0.939 bits per heavy atom. The van der Waals surface area contributed by atoms with Gasteiger partial charge in [-0.15, -0.1) is 0 Å². The van der Waals surface area contributed by atoms with Gasteiger partial charge in [0.15, 0.2) is 0 Å². The maximum Gasteiger partial charge on any atom is 0.269 e. The number of para-hydroxylation sites is 6. The largest absolute Gasteiger partial charge is 0.292 e. The molecule has 2 heterocycles. The second kappa shape index (κ2) is 12.3. The van der Waals surface area contributed by atoms with E-state index >= 15 is 0 Å². The fourth-order valence-electron chi connectivity index (χ4n) is 6.83. The van der Waals surface area contributed by atoms with Crippen LogP contribution in [0.2, 0.25) is 0 Å². The third-order valence-electron chi connectivity index (χ3n) is 9.12. The molecule has 0 saturated carbocycles. The van der Waals surface area contributed by atoms with Crippen LogP contribution in [0.25, 0.3) is 55.9 Å². The van der Waals surface area contributed by atoms with Crippen LogP contribution in [0.3, 0.4) is 0 Å². The van der Waals surface area contributed by atoms with E-state index in [1.54, 1.807) is 0 Å². The lowest BCUT2D eigenvalue weighted by Crippen LogP contribution is -2.30. The summed E-state index contributed by atoms with van der Waals surface area (Å²) in [5.74, 6) is 0. The van der Waals surface area contributed by atoms with E-state index in [9.17, 15) is 0 Å². The fourth-order valence-corrected chi connectivity index (χ4v) is 6.83. The first-order valence-corrected chi connectivity index (χ1v) is 16.6. The Kier molecular flexibility index (Phi) is 7.17. The van der Waals surface area contributed by atoms with Crippen LogP contribution in [-0.2, 0) is 6.42 Å². The maximum atomic E-state index is 3.71. The van der Waals surface area contributed by atoms with Crippen LogP contribution < -0.4 is 9.13 Å². The van der Waals surface area contributed by atoms with Gasteiger partial charge in [-0.05, 0) is 71.1 Å². The zero-order valence-electron chi connectivity index (χ0n) is 26.8. The van der Waals surface area contributed by atoms with Crippen LogP contribution in [0.1, 0.15) is 11.1 Å². The Balaban J connectivity index is 1.08. The predicted molar refractivity (Wildman–Crippen MR) is 196 cm³/mol. The molecule has 0 aliphatic heterocycles. The summed E-state index contributed by atoms with van der Waals surface area (Å²) in [6.07, 6.45) is 8.13. The molecule has 0 radical (unpaired) electrons. The molecule has 7 aromatic carbocycles. The van der Waals surface area contributed by atoms with E-state index < -0.39 is 0 Å². The molecule has 2 aromatic heterocycles. The molecule has 0 unspecified atom stereocenters. The van der Waals surface area contributed by atoms with Crippen molar-refractivity contribution in [3.05, 3.63) is 206 Å². The minimum absolute atomic E-state index is 0.801. The molecule has 0 saturated heterocycles. The van der Waals surface area contributed by atoms with E-state index in [-0.39, 0.29) is 0 Å². The van der Waals surface area contributed by atoms with E-state index in [4.69, 9.17) is 0 Å². The van der Waals surface area contributed by atoms with E-state index in [1.165, 1.54) is 22.3 Å². The van der Waals surface area contributed by atoms with Gasteiger partial charge in [0.05, 0.1) is 44.8 Å². The minimum atomic E-state index is 0.801. The SMILES string of the molecule is [c-]1n(-c2cccc(Cc3cccc(-n4[c-][n+](-c5ccccc5-c5ccccc5)c5ccccc54)c3)c2)c2ccccc2[n+]1-c1ccccc1. The van der Waals surface area contributed by atoms with Crippen molar-refractivity contribution in [2.75, 3.05) is 0 Å². The van der Waals surface area contributed by atoms with Gasteiger partial charge >= 0.3 is 0 Å². The lowest BCUT2D eigenvalue weighted by atomic mass is 10.0. The van der Waals surface area contributed by atoms with Gasteiger partial charge in [-0.25, -0.2) is 0 Å². The lowest BCUT2D eigenvalue weighted by molar-refractivity contribution is -0.572. The Labute approximate surface area is 285 Å². The van der Waals surface area contributed by atoms with Crippen molar-refractivity contribution in [3.8, 4) is 33.9 Å². The molecule has 4 nitrogen and oxygen atoms in total. The zero-order valence-corrected chi connectivity index (χ0v) is 26.8. The molecule has 0 spiro atoms. The molecule has 232 valence electrons. The Morgan fingerprint density at radius 3 is 1.59 bits per heavy atom. The van der Waals surface area contributed by atoms with Gasteiger partial charge in [0.25, 0.3) is 12.7 Å². The molecule has 0 aliphatic rings. The van der Waals surface area contributed by atoms with Crippen LogP contribution in [0.4, 0.5) is 0 Å². The quantitative estimate of drug-likeness (QED) is 0.124. The van der Waals surface area contributed by atoms with Gasteiger partial charge in [-0.3, -0.25) is 18.3 Å². The number of hydrogen-bond acceptors (Lipinski definition) is 0. The zero-order chi connectivity index (χ0) is 32.6. The number of aromatic nitrogens is 4. The summed E-state index contributed by atoms with van der Waals surface area (Å²) < 4.78 is 8.66. The van der Waals surface area contributed by atoms with Crippen LogP contribution in [0.5, 0.6) is 0 Å². The highest BCUT2D eigenvalue weighted by atomic mass is 15.1. The Bertz CT molecular complexity index is 2580. The molecular formula is C45H32N4. The molecule has 0 atom stereocenters. The van der Waals surface area contributed by atoms with E-state index in [0.29, 0.717) is 0 Å². The summed E-state index contributed by atoms with van der Waals surface area (Å²) >= 11 is 0. The first kappa shape index (κ1) is 28.7. The molecule has 0 aliphatic carbocycles. The van der Waals surface area contributed by atoms with Crippen LogP contribution in [0.15, 0.2) is 182 Å². The van der Waals surface area contributed by atoms with Crippen LogP contribution in [0, 0.1) is 12.7 Å². The number of hydrogen-bond donors (Lipinski definition) is 0. The molecule has 4 heteroatoms. The predicted octanol–water partition coefficient (Wildman–Crippen LogP) is 8.99. The van der Waals surface area contributed by atoms with E-state index in [2.05, 4.69) is 207 Å². The van der Waals surface area contributed by atoms with Crippen molar-refractivity contribution >= 4 is 22.1 Å². The number of imidazole rings is 2. The van der Waals surface area contributed by atoms with Crippen LogP contribution >= 0.6 is 0 Å². The van der Waals surface area contributed by atoms with E-state index in [0.717, 1.165) is 51.2 Å². The molecule has 0 fully saturated rings. The summed E-state index contributed by atoms with van der Waals surface area (Å²) in [5.41, 5.74) is 13.6. The minimum Gasteiger partial charge on any atom is -0.292 e. The summed E-state index contributed by atoms with van der Waals surface area (Å²) in [7, 11) is 0. The Hall–Kier alpha value is -6.52. The highest BCUT2D eigenvalue weighted by Gasteiger charge is 2.16. The smallest absolute Gasteiger partial charge is 0.269 e. The highest BCUT2D eigenvalue weighted by Crippen LogP contribution is 2.27.